The molecule has 8 heteroatoms. The number of aromatic amines is 1. The Morgan fingerprint density at radius 2 is 2.00 bits per heavy atom. The van der Waals surface area contributed by atoms with Gasteiger partial charge in [-0.15, -0.1) is 11.8 Å². The molecule has 3 aromatic rings. The van der Waals surface area contributed by atoms with E-state index in [0.717, 1.165) is 56.4 Å². The van der Waals surface area contributed by atoms with Crippen molar-refractivity contribution in [2.75, 3.05) is 11.9 Å². The summed E-state index contributed by atoms with van der Waals surface area (Å²) >= 11 is 8.08. The second kappa shape index (κ2) is 11.2. The van der Waals surface area contributed by atoms with Crippen molar-refractivity contribution in [2.24, 2.45) is 0 Å². The highest BCUT2D eigenvalue weighted by molar-refractivity contribution is 7.98. The van der Waals surface area contributed by atoms with Crippen LogP contribution in [-0.2, 0) is 32.9 Å². The van der Waals surface area contributed by atoms with Crippen molar-refractivity contribution >= 4 is 58.4 Å². The molecule has 0 saturated heterocycles. The van der Waals surface area contributed by atoms with Crippen molar-refractivity contribution in [3.63, 3.8) is 0 Å². The average molecular weight is 549 g/mol. The number of benzene rings is 2. The number of esters is 1. The van der Waals surface area contributed by atoms with Crippen LogP contribution in [0.15, 0.2) is 41.3 Å². The molecule has 2 N–H and O–H groups in total. The zero-order chi connectivity index (χ0) is 26.8. The maximum absolute atomic E-state index is 13.0. The lowest BCUT2D eigenvalue weighted by Gasteiger charge is -2.11. The molecule has 0 atom stereocenters. The Kier molecular flexibility index (Phi) is 7.77. The molecule has 2 heterocycles. The molecule has 0 spiro atoms. The van der Waals surface area contributed by atoms with Crippen molar-refractivity contribution < 1.29 is 19.1 Å². The second-order valence-electron chi connectivity index (χ2n) is 9.50. The van der Waals surface area contributed by atoms with Gasteiger partial charge in [-0.3, -0.25) is 14.4 Å². The summed E-state index contributed by atoms with van der Waals surface area (Å²) in [6.07, 6.45) is 4.40. The van der Waals surface area contributed by atoms with Crippen molar-refractivity contribution in [2.45, 2.75) is 56.6 Å². The van der Waals surface area contributed by atoms with Gasteiger partial charge >= 0.3 is 5.97 Å². The maximum Gasteiger partial charge on any atom is 0.306 e. The van der Waals surface area contributed by atoms with Crippen molar-refractivity contribution in [1.29, 1.82) is 0 Å². The first-order valence-electron chi connectivity index (χ1n) is 12.8. The van der Waals surface area contributed by atoms with Crippen LogP contribution in [0.1, 0.15) is 70.2 Å². The van der Waals surface area contributed by atoms with Crippen LogP contribution in [0.4, 0.5) is 5.69 Å². The molecule has 0 bridgehead atoms. The van der Waals surface area contributed by atoms with Crippen LogP contribution < -0.4 is 5.32 Å². The highest BCUT2D eigenvalue weighted by Crippen LogP contribution is 2.39. The standard InChI is InChI=1S/C30H29ClN2O4S/c1-3-37-28(35)13-11-19-26(32-25-8-5-9-27(34)29(19)25)15-21-20-14-18(10-12-24(20)33-30(21)36)38-16-22-17(2)6-4-7-23(22)31/h4,6-7,10,12,14-15,32H,3,5,8-9,11,13,16H2,1-2H3,(H,33,36)/b21-15-. The van der Waals surface area contributed by atoms with Gasteiger partial charge in [0, 0.05) is 56.7 Å². The molecule has 2 aromatic carbocycles. The van der Waals surface area contributed by atoms with E-state index in [-0.39, 0.29) is 24.1 Å². The molecule has 0 unspecified atom stereocenters. The van der Waals surface area contributed by atoms with Crippen LogP contribution in [0.3, 0.4) is 0 Å². The summed E-state index contributed by atoms with van der Waals surface area (Å²) in [5.74, 6) is 0.299. The number of amides is 1. The summed E-state index contributed by atoms with van der Waals surface area (Å²) in [5, 5.41) is 3.70. The molecule has 1 aromatic heterocycles. The number of carbonyl (C=O) groups is 3. The average Bonchev–Trinajstić information content (AvgIpc) is 3.40. The monoisotopic (exact) mass is 548 g/mol. The number of aryl methyl sites for hydroxylation is 2. The molecular formula is C30H29ClN2O4S. The lowest BCUT2D eigenvalue weighted by atomic mass is 9.91. The third-order valence-corrected chi connectivity index (χ3v) is 8.38. The van der Waals surface area contributed by atoms with E-state index in [2.05, 4.69) is 10.3 Å². The largest absolute Gasteiger partial charge is 0.466 e. The molecular weight excluding hydrogens is 520 g/mol. The van der Waals surface area contributed by atoms with Gasteiger partial charge in [-0.1, -0.05) is 23.7 Å². The Bertz CT molecular complexity index is 1450. The molecule has 196 valence electrons. The van der Waals surface area contributed by atoms with Gasteiger partial charge in [0.25, 0.3) is 5.91 Å². The molecule has 0 radical (unpaired) electrons. The van der Waals surface area contributed by atoms with Gasteiger partial charge in [0.1, 0.15) is 0 Å². The number of thioether (sulfide) groups is 1. The number of fused-ring (bicyclic) bond motifs is 2. The quantitative estimate of drug-likeness (QED) is 0.184. The highest BCUT2D eigenvalue weighted by atomic mass is 35.5. The van der Waals surface area contributed by atoms with Crippen molar-refractivity contribution in [3.05, 3.63) is 80.6 Å². The molecule has 38 heavy (non-hydrogen) atoms. The zero-order valence-electron chi connectivity index (χ0n) is 21.4. The number of nitrogens with one attached hydrogen (secondary N) is 2. The van der Waals surface area contributed by atoms with Gasteiger partial charge in [-0.2, -0.15) is 0 Å². The minimum Gasteiger partial charge on any atom is -0.466 e. The van der Waals surface area contributed by atoms with Gasteiger partial charge in [0.05, 0.1) is 12.2 Å². The van der Waals surface area contributed by atoms with E-state index in [0.29, 0.717) is 42.0 Å². The number of ether oxygens (including phenoxy) is 1. The predicted octanol–water partition coefficient (Wildman–Crippen LogP) is 6.78. The van der Waals surface area contributed by atoms with Crippen LogP contribution in [0, 0.1) is 6.92 Å². The Labute approximate surface area is 231 Å². The molecule has 1 amide bonds. The number of halogens is 1. The van der Waals surface area contributed by atoms with Gasteiger partial charge in [-0.05, 0) is 80.1 Å². The number of anilines is 1. The van der Waals surface area contributed by atoms with Crippen LogP contribution in [0.2, 0.25) is 5.02 Å². The summed E-state index contributed by atoms with van der Waals surface area (Å²) in [6, 6.07) is 11.8. The van der Waals surface area contributed by atoms with Gasteiger partial charge in [0.15, 0.2) is 5.78 Å². The fourth-order valence-electron chi connectivity index (χ4n) is 5.08. The third kappa shape index (κ3) is 5.31. The predicted molar refractivity (Wildman–Crippen MR) is 152 cm³/mol. The summed E-state index contributed by atoms with van der Waals surface area (Å²) in [5.41, 5.74) is 7.37. The SMILES string of the molecule is CCOC(=O)CCc1c(/C=C2\C(=O)Nc3ccc(SCc4c(C)cccc4Cl)cc32)[nH]c2c1C(=O)CCC2. The van der Waals surface area contributed by atoms with Crippen molar-refractivity contribution in [1.82, 2.24) is 4.98 Å². The normalized spacial score (nSPS) is 15.4. The molecule has 0 saturated carbocycles. The van der Waals surface area contributed by atoms with Gasteiger partial charge in [-0.25, -0.2) is 0 Å². The van der Waals surface area contributed by atoms with Crippen LogP contribution >= 0.6 is 23.4 Å². The van der Waals surface area contributed by atoms with Gasteiger partial charge in [0.2, 0.25) is 0 Å². The number of ketones is 1. The molecule has 6 nitrogen and oxygen atoms in total. The van der Waals surface area contributed by atoms with Crippen molar-refractivity contribution in [3.8, 4) is 0 Å². The van der Waals surface area contributed by atoms with Crippen LogP contribution in [0.5, 0.6) is 0 Å². The lowest BCUT2D eigenvalue weighted by molar-refractivity contribution is -0.143. The van der Waals surface area contributed by atoms with Crippen LogP contribution in [-0.4, -0.2) is 29.3 Å². The third-order valence-electron chi connectivity index (χ3n) is 7.01. The van der Waals surface area contributed by atoms with E-state index in [1.165, 1.54) is 0 Å². The first kappa shape index (κ1) is 26.3. The van der Waals surface area contributed by atoms with E-state index >= 15 is 0 Å². The fraction of sp³-hybridized carbons (Fsp3) is 0.300. The van der Waals surface area contributed by atoms with E-state index in [1.807, 2.05) is 49.4 Å². The number of rotatable bonds is 8. The first-order chi connectivity index (χ1) is 18.4. The second-order valence-corrected chi connectivity index (χ2v) is 11.0. The summed E-state index contributed by atoms with van der Waals surface area (Å²) < 4.78 is 5.11. The number of H-pyrrole nitrogens is 1. The molecule has 2 aliphatic rings. The summed E-state index contributed by atoms with van der Waals surface area (Å²) in [6.45, 7) is 4.13. The molecule has 1 aliphatic carbocycles. The number of hydrogen-bond donors (Lipinski definition) is 2. The minimum atomic E-state index is -0.302. The minimum absolute atomic E-state index is 0.0795. The van der Waals surface area contributed by atoms with Crippen LogP contribution in [0.25, 0.3) is 11.6 Å². The molecule has 1 aliphatic heterocycles. The number of hydrogen-bond acceptors (Lipinski definition) is 5. The summed E-state index contributed by atoms with van der Waals surface area (Å²) in [4.78, 5) is 42.4. The number of Topliss-reactive ketones (excluding diaryl/α,β-unsaturated/α-hetero) is 1. The lowest BCUT2D eigenvalue weighted by Crippen LogP contribution is -2.12. The topological polar surface area (TPSA) is 88.3 Å². The van der Waals surface area contributed by atoms with Gasteiger partial charge < -0.3 is 15.0 Å². The molecule has 0 fully saturated rings. The Hall–Kier alpha value is -3.29. The zero-order valence-corrected chi connectivity index (χ0v) is 23.0. The smallest absolute Gasteiger partial charge is 0.306 e. The molecule has 5 rings (SSSR count). The highest BCUT2D eigenvalue weighted by Gasteiger charge is 2.29. The summed E-state index contributed by atoms with van der Waals surface area (Å²) in [7, 11) is 0. The van der Waals surface area contributed by atoms with E-state index in [1.54, 1.807) is 18.7 Å². The fourth-order valence-corrected chi connectivity index (χ4v) is 6.51. The van der Waals surface area contributed by atoms with E-state index in [9.17, 15) is 14.4 Å². The number of carbonyl (C=O) groups excluding carboxylic acids is 3. The number of aromatic nitrogens is 1. The van der Waals surface area contributed by atoms with E-state index < -0.39 is 0 Å². The Balaban J connectivity index is 1.47. The first-order valence-corrected chi connectivity index (χ1v) is 14.2. The Morgan fingerprint density at radius 3 is 2.79 bits per heavy atom. The Morgan fingerprint density at radius 1 is 1.16 bits per heavy atom. The van der Waals surface area contributed by atoms with E-state index in [4.69, 9.17) is 16.3 Å². The maximum atomic E-state index is 13.0.